The van der Waals surface area contributed by atoms with Crippen molar-refractivity contribution < 1.29 is 4.79 Å². The van der Waals surface area contributed by atoms with Crippen LogP contribution >= 0.6 is 11.3 Å². The van der Waals surface area contributed by atoms with Crippen LogP contribution in [0.4, 0.5) is 10.7 Å². The van der Waals surface area contributed by atoms with Gasteiger partial charge in [0.15, 0.2) is 5.78 Å². The van der Waals surface area contributed by atoms with Gasteiger partial charge in [-0.2, -0.15) is 0 Å². The first kappa shape index (κ1) is 16.3. The lowest BCUT2D eigenvalue weighted by Crippen LogP contribution is -2.32. The molecule has 1 aromatic rings. The Bertz CT molecular complexity index is 508. The molecule has 1 fully saturated rings. The average molecular weight is 309 g/mol. The Kier molecular flexibility index (Phi) is 5.27. The molecule has 1 aliphatic carbocycles. The van der Waals surface area contributed by atoms with Gasteiger partial charge in [0, 0.05) is 31.6 Å². The zero-order valence-corrected chi connectivity index (χ0v) is 14.3. The molecule has 0 aromatic carbocycles. The first-order valence-corrected chi connectivity index (χ1v) is 8.64. The maximum absolute atomic E-state index is 11.7. The van der Waals surface area contributed by atoms with Gasteiger partial charge in [-0.1, -0.05) is 6.92 Å². The molecule has 21 heavy (non-hydrogen) atoms. The van der Waals surface area contributed by atoms with Gasteiger partial charge in [-0.05, 0) is 39.2 Å². The highest BCUT2D eigenvalue weighted by molar-refractivity contribution is 7.18. The molecule has 1 unspecified atom stereocenters. The van der Waals surface area contributed by atoms with Crippen LogP contribution < -0.4 is 11.1 Å². The number of carbonyl (C=O) groups excluding carboxylic acids is 1. The highest BCUT2D eigenvalue weighted by atomic mass is 32.1. The summed E-state index contributed by atoms with van der Waals surface area (Å²) in [4.78, 5) is 14.8. The van der Waals surface area contributed by atoms with Crippen LogP contribution in [-0.2, 0) is 0 Å². The number of nitrogens with two attached hydrogens (primary N) is 1. The summed E-state index contributed by atoms with van der Waals surface area (Å²) < 4.78 is 0. The van der Waals surface area contributed by atoms with Crippen LogP contribution in [-0.4, -0.2) is 36.9 Å². The van der Waals surface area contributed by atoms with Crippen molar-refractivity contribution in [2.75, 3.05) is 31.2 Å². The molecule has 0 spiro atoms. The zero-order valence-electron chi connectivity index (χ0n) is 13.5. The topological polar surface area (TPSA) is 58.4 Å². The number of anilines is 2. The molecule has 0 aliphatic heterocycles. The van der Waals surface area contributed by atoms with Gasteiger partial charge in [0.25, 0.3) is 0 Å². The van der Waals surface area contributed by atoms with Crippen LogP contribution in [0.2, 0.25) is 0 Å². The highest BCUT2D eigenvalue weighted by Crippen LogP contribution is 2.50. The summed E-state index contributed by atoms with van der Waals surface area (Å²) >= 11 is 1.52. The molecule has 5 heteroatoms. The third-order valence-corrected chi connectivity index (χ3v) is 5.66. The molecule has 1 atom stereocenters. The van der Waals surface area contributed by atoms with E-state index in [9.17, 15) is 4.79 Å². The molecule has 1 aliphatic rings. The first-order chi connectivity index (χ1) is 9.95. The van der Waals surface area contributed by atoms with Crippen LogP contribution in [0, 0.1) is 0 Å². The summed E-state index contributed by atoms with van der Waals surface area (Å²) in [6.45, 7) is 7.93. The summed E-state index contributed by atoms with van der Waals surface area (Å²) in [6.07, 6.45) is 3.55. The van der Waals surface area contributed by atoms with E-state index < -0.39 is 0 Å². The SMILES string of the molecule is CCC(C)N(C)CCNc1sc(C(C)=O)c(N)c1C1CC1. The largest absolute Gasteiger partial charge is 0.397 e. The number of carbonyl (C=O) groups is 1. The van der Waals surface area contributed by atoms with Crippen LogP contribution in [0.15, 0.2) is 0 Å². The van der Waals surface area contributed by atoms with Gasteiger partial charge < -0.3 is 16.0 Å². The fraction of sp³-hybridized carbons (Fsp3) is 0.688. The molecule has 118 valence electrons. The number of ketones is 1. The zero-order chi connectivity index (χ0) is 15.6. The van der Waals surface area contributed by atoms with E-state index in [1.807, 2.05) is 0 Å². The number of nitrogens with one attached hydrogen (secondary N) is 1. The number of nitrogens with zero attached hydrogens (tertiary/aromatic N) is 1. The van der Waals surface area contributed by atoms with Gasteiger partial charge >= 0.3 is 0 Å². The van der Waals surface area contributed by atoms with Crippen molar-refractivity contribution in [2.45, 2.75) is 52.0 Å². The number of rotatable bonds is 8. The van der Waals surface area contributed by atoms with E-state index in [0.29, 0.717) is 17.6 Å². The van der Waals surface area contributed by atoms with E-state index >= 15 is 0 Å². The Hall–Kier alpha value is -1.07. The van der Waals surface area contributed by atoms with Crippen LogP contribution in [0.3, 0.4) is 0 Å². The number of likely N-dealkylation sites (N-methyl/N-ethyl adjacent to an activating group) is 1. The summed E-state index contributed by atoms with van der Waals surface area (Å²) in [7, 11) is 2.15. The molecule has 1 saturated carbocycles. The maximum atomic E-state index is 11.7. The number of thiophene rings is 1. The summed E-state index contributed by atoms with van der Waals surface area (Å²) in [6, 6.07) is 0.593. The maximum Gasteiger partial charge on any atom is 0.171 e. The van der Waals surface area contributed by atoms with Crippen molar-refractivity contribution in [3.8, 4) is 0 Å². The number of Topliss-reactive ketones (excluding diaryl/α,β-unsaturated/α-hetero) is 1. The molecule has 3 N–H and O–H groups in total. The Morgan fingerprint density at radius 1 is 1.52 bits per heavy atom. The number of hydrogen-bond acceptors (Lipinski definition) is 5. The number of nitrogen functional groups attached to an aromatic ring is 1. The lowest BCUT2D eigenvalue weighted by atomic mass is 10.1. The summed E-state index contributed by atoms with van der Waals surface area (Å²) in [5.41, 5.74) is 8.09. The molecule has 0 radical (unpaired) electrons. The summed E-state index contributed by atoms with van der Waals surface area (Å²) in [5.74, 6) is 0.633. The smallest absolute Gasteiger partial charge is 0.171 e. The lowest BCUT2D eigenvalue weighted by molar-refractivity contribution is 0.102. The van der Waals surface area contributed by atoms with E-state index in [1.165, 1.54) is 29.7 Å². The van der Waals surface area contributed by atoms with E-state index in [4.69, 9.17) is 5.73 Å². The predicted octanol–water partition coefficient (Wildman–Crippen LogP) is 3.55. The highest BCUT2D eigenvalue weighted by Gasteiger charge is 2.32. The number of hydrogen-bond donors (Lipinski definition) is 2. The van der Waals surface area contributed by atoms with Crippen molar-refractivity contribution in [3.05, 3.63) is 10.4 Å². The first-order valence-electron chi connectivity index (χ1n) is 7.82. The van der Waals surface area contributed by atoms with Crippen LogP contribution in [0.1, 0.15) is 61.2 Å². The molecular formula is C16H27N3OS. The van der Waals surface area contributed by atoms with Gasteiger partial charge in [0.05, 0.1) is 15.6 Å². The van der Waals surface area contributed by atoms with Crippen molar-refractivity contribution in [1.29, 1.82) is 0 Å². The molecule has 1 aromatic heterocycles. The van der Waals surface area contributed by atoms with Crippen LogP contribution in [0.25, 0.3) is 0 Å². The quantitative estimate of drug-likeness (QED) is 0.721. The van der Waals surface area contributed by atoms with Gasteiger partial charge in [-0.3, -0.25) is 4.79 Å². The Morgan fingerprint density at radius 2 is 2.19 bits per heavy atom. The van der Waals surface area contributed by atoms with E-state index in [2.05, 4.69) is 31.1 Å². The second-order valence-electron chi connectivity index (χ2n) is 6.08. The van der Waals surface area contributed by atoms with Crippen molar-refractivity contribution in [1.82, 2.24) is 4.90 Å². The van der Waals surface area contributed by atoms with E-state index in [0.717, 1.165) is 29.4 Å². The molecule has 4 nitrogen and oxygen atoms in total. The molecule has 0 saturated heterocycles. The third kappa shape index (κ3) is 3.77. The van der Waals surface area contributed by atoms with Gasteiger partial charge in [-0.15, -0.1) is 11.3 Å². The molecule has 1 heterocycles. The van der Waals surface area contributed by atoms with Crippen LogP contribution in [0.5, 0.6) is 0 Å². The second-order valence-corrected chi connectivity index (χ2v) is 7.10. The predicted molar refractivity (Wildman–Crippen MR) is 91.6 cm³/mol. The lowest BCUT2D eigenvalue weighted by Gasteiger charge is -2.23. The van der Waals surface area contributed by atoms with Crippen molar-refractivity contribution in [3.63, 3.8) is 0 Å². The molecule has 0 bridgehead atoms. The Morgan fingerprint density at radius 3 is 2.71 bits per heavy atom. The Balaban J connectivity index is 2.02. The average Bonchev–Trinajstić information content (AvgIpc) is 3.22. The van der Waals surface area contributed by atoms with E-state index in [-0.39, 0.29) is 5.78 Å². The van der Waals surface area contributed by atoms with Gasteiger partial charge in [0.2, 0.25) is 0 Å². The minimum absolute atomic E-state index is 0.0733. The second kappa shape index (κ2) is 6.79. The van der Waals surface area contributed by atoms with E-state index in [1.54, 1.807) is 6.92 Å². The monoisotopic (exact) mass is 309 g/mol. The molecule has 2 rings (SSSR count). The summed E-state index contributed by atoms with van der Waals surface area (Å²) in [5, 5.41) is 4.61. The normalized spacial score (nSPS) is 16.2. The minimum atomic E-state index is 0.0733. The fourth-order valence-corrected chi connectivity index (χ4v) is 3.63. The Labute approximate surface area is 131 Å². The standard InChI is InChI=1S/C16H27N3OS/c1-5-10(2)19(4)9-8-18-16-13(12-6-7-12)14(17)15(21-16)11(3)20/h10,12,18H,5-9,17H2,1-4H3. The minimum Gasteiger partial charge on any atom is -0.397 e. The van der Waals surface area contributed by atoms with Gasteiger partial charge in [-0.25, -0.2) is 0 Å². The van der Waals surface area contributed by atoms with Crippen molar-refractivity contribution in [2.24, 2.45) is 0 Å². The fourth-order valence-electron chi connectivity index (χ4n) is 2.50. The molecule has 0 amide bonds. The third-order valence-electron chi connectivity index (χ3n) is 4.38. The van der Waals surface area contributed by atoms with Gasteiger partial charge in [0.1, 0.15) is 0 Å². The molecular weight excluding hydrogens is 282 g/mol. The van der Waals surface area contributed by atoms with Crippen molar-refractivity contribution >= 4 is 27.8 Å².